The van der Waals surface area contributed by atoms with Gasteiger partial charge in [0.15, 0.2) is 11.5 Å². The van der Waals surface area contributed by atoms with E-state index in [1.165, 1.54) is 12.0 Å². The van der Waals surface area contributed by atoms with E-state index in [0.717, 1.165) is 6.42 Å². The van der Waals surface area contributed by atoms with Crippen LogP contribution < -0.4 is 14.8 Å². The number of nitrogens with one attached hydrogen (secondary N) is 1. The van der Waals surface area contributed by atoms with E-state index in [1.807, 2.05) is 20.8 Å². The highest BCUT2D eigenvalue weighted by Gasteiger charge is 2.21. The molecule has 0 spiro atoms. The van der Waals surface area contributed by atoms with Gasteiger partial charge in [-0.3, -0.25) is 9.59 Å². The summed E-state index contributed by atoms with van der Waals surface area (Å²) >= 11 is 3.43. The predicted molar refractivity (Wildman–Crippen MR) is 96.7 cm³/mol. The van der Waals surface area contributed by atoms with Crippen LogP contribution in [0.15, 0.2) is 16.6 Å². The van der Waals surface area contributed by atoms with E-state index in [-0.39, 0.29) is 18.4 Å². The van der Waals surface area contributed by atoms with Crippen LogP contribution in [0.25, 0.3) is 0 Å². The van der Waals surface area contributed by atoms with Gasteiger partial charge >= 0.3 is 0 Å². The SMILES string of the molecule is CCCOc1c(Br)cc(C(=O)N(CC)CC(=O)NCC)cc1OC. The van der Waals surface area contributed by atoms with E-state index in [0.29, 0.717) is 41.2 Å². The van der Waals surface area contributed by atoms with Crippen LogP contribution in [0.1, 0.15) is 37.6 Å². The minimum Gasteiger partial charge on any atom is -0.493 e. The van der Waals surface area contributed by atoms with Crippen molar-refractivity contribution in [3.8, 4) is 11.5 Å². The number of halogens is 1. The van der Waals surface area contributed by atoms with Gasteiger partial charge in [0.1, 0.15) is 0 Å². The van der Waals surface area contributed by atoms with Crippen molar-refractivity contribution in [1.29, 1.82) is 0 Å². The van der Waals surface area contributed by atoms with Crippen LogP contribution in [0.5, 0.6) is 11.5 Å². The molecule has 0 aliphatic rings. The fourth-order valence-corrected chi connectivity index (χ4v) is 2.68. The average Bonchev–Trinajstić information content (AvgIpc) is 2.57. The second-order valence-corrected chi connectivity index (χ2v) is 5.97. The number of carbonyl (C=O) groups is 2. The maximum Gasteiger partial charge on any atom is 0.254 e. The minimum absolute atomic E-state index is 0.0250. The maximum atomic E-state index is 12.7. The van der Waals surface area contributed by atoms with Gasteiger partial charge < -0.3 is 19.7 Å². The smallest absolute Gasteiger partial charge is 0.254 e. The summed E-state index contributed by atoms with van der Waals surface area (Å²) in [7, 11) is 1.53. The van der Waals surface area contributed by atoms with Crippen molar-refractivity contribution in [2.75, 3.05) is 33.4 Å². The Kier molecular flexibility index (Phi) is 8.60. The Labute approximate surface area is 151 Å². The minimum atomic E-state index is -0.232. The molecule has 1 N–H and O–H groups in total. The molecule has 134 valence electrons. The maximum absolute atomic E-state index is 12.7. The number of amides is 2. The highest BCUT2D eigenvalue weighted by Crippen LogP contribution is 2.37. The first-order valence-electron chi connectivity index (χ1n) is 8.04. The number of benzene rings is 1. The molecule has 0 aliphatic carbocycles. The molecule has 2 amide bonds. The Hall–Kier alpha value is -1.76. The second-order valence-electron chi connectivity index (χ2n) is 5.11. The standard InChI is InChI=1S/C17H25BrN2O4/c1-5-8-24-16-13(18)9-12(10-14(16)23-4)17(22)20(7-3)11-15(21)19-6-2/h9-10H,5-8,11H2,1-4H3,(H,19,21). The molecule has 0 saturated heterocycles. The van der Waals surface area contributed by atoms with Crippen LogP contribution in [0.4, 0.5) is 0 Å². The van der Waals surface area contributed by atoms with E-state index >= 15 is 0 Å². The quantitative estimate of drug-likeness (QED) is 0.691. The Morgan fingerprint density at radius 1 is 1.25 bits per heavy atom. The fourth-order valence-electron chi connectivity index (χ4n) is 2.12. The first-order chi connectivity index (χ1) is 11.5. The zero-order valence-corrected chi connectivity index (χ0v) is 16.2. The van der Waals surface area contributed by atoms with Crippen molar-refractivity contribution in [1.82, 2.24) is 10.2 Å². The van der Waals surface area contributed by atoms with E-state index in [4.69, 9.17) is 9.47 Å². The molecule has 0 saturated carbocycles. The summed E-state index contributed by atoms with van der Waals surface area (Å²) in [6, 6.07) is 3.33. The average molecular weight is 401 g/mol. The van der Waals surface area contributed by atoms with Crippen LogP contribution in [0.2, 0.25) is 0 Å². The summed E-state index contributed by atoms with van der Waals surface area (Å²) in [6.45, 7) is 7.24. The summed E-state index contributed by atoms with van der Waals surface area (Å²) in [5.41, 5.74) is 0.439. The van der Waals surface area contributed by atoms with Gasteiger partial charge in [0.05, 0.1) is 24.7 Å². The molecule has 0 aliphatic heterocycles. The number of nitrogens with zero attached hydrogens (tertiary/aromatic N) is 1. The first-order valence-corrected chi connectivity index (χ1v) is 8.83. The lowest BCUT2D eigenvalue weighted by Crippen LogP contribution is -2.40. The van der Waals surface area contributed by atoms with Gasteiger partial charge in [-0.25, -0.2) is 0 Å². The van der Waals surface area contributed by atoms with Crippen LogP contribution in [-0.4, -0.2) is 50.1 Å². The van der Waals surface area contributed by atoms with Crippen LogP contribution in [0, 0.1) is 0 Å². The third kappa shape index (κ3) is 5.40. The fraction of sp³-hybridized carbons (Fsp3) is 0.529. The molecule has 6 nitrogen and oxygen atoms in total. The van der Waals surface area contributed by atoms with Crippen LogP contribution in [0.3, 0.4) is 0 Å². The van der Waals surface area contributed by atoms with E-state index < -0.39 is 0 Å². The summed E-state index contributed by atoms with van der Waals surface area (Å²) in [5, 5.41) is 2.70. The molecule has 0 heterocycles. The molecule has 0 fully saturated rings. The molecule has 0 atom stereocenters. The molecule has 0 aromatic heterocycles. The number of ether oxygens (including phenoxy) is 2. The van der Waals surface area contributed by atoms with Crippen LogP contribution >= 0.6 is 15.9 Å². The Morgan fingerprint density at radius 2 is 1.96 bits per heavy atom. The second kappa shape index (κ2) is 10.2. The summed E-state index contributed by atoms with van der Waals surface area (Å²) in [5.74, 6) is 0.643. The molecule has 7 heteroatoms. The Bertz CT molecular complexity index is 578. The van der Waals surface area contributed by atoms with Crippen molar-refractivity contribution >= 4 is 27.7 Å². The largest absolute Gasteiger partial charge is 0.493 e. The number of carbonyl (C=O) groups excluding carboxylic acids is 2. The van der Waals surface area contributed by atoms with Gasteiger partial charge in [0, 0.05) is 18.7 Å². The lowest BCUT2D eigenvalue weighted by atomic mass is 10.1. The lowest BCUT2D eigenvalue weighted by Gasteiger charge is -2.21. The van der Waals surface area contributed by atoms with Crippen LogP contribution in [-0.2, 0) is 4.79 Å². The Balaban J connectivity index is 3.04. The van der Waals surface area contributed by atoms with Crippen molar-refractivity contribution in [2.24, 2.45) is 0 Å². The first kappa shape index (κ1) is 20.3. The van der Waals surface area contributed by atoms with E-state index in [9.17, 15) is 9.59 Å². The molecular formula is C17H25BrN2O4. The third-order valence-electron chi connectivity index (χ3n) is 3.30. The zero-order valence-electron chi connectivity index (χ0n) is 14.6. The third-order valence-corrected chi connectivity index (χ3v) is 3.89. The van der Waals surface area contributed by atoms with Crippen molar-refractivity contribution < 1.29 is 19.1 Å². The van der Waals surface area contributed by atoms with E-state index in [2.05, 4.69) is 21.2 Å². The lowest BCUT2D eigenvalue weighted by molar-refractivity contribution is -0.121. The zero-order chi connectivity index (χ0) is 18.1. The topological polar surface area (TPSA) is 67.9 Å². The molecule has 0 bridgehead atoms. The molecule has 24 heavy (non-hydrogen) atoms. The van der Waals surface area contributed by atoms with Gasteiger partial charge in [-0.2, -0.15) is 0 Å². The van der Waals surface area contributed by atoms with E-state index in [1.54, 1.807) is 12.1 Å². The summed E-state index contributed by atoms with van der Waals surface area (Å²) in [4.78, 5) is 25.9. The van der Waals surface area contributed by atoms with Crippen molar-refractivity contribution in [3.63, 3.8) is 0 Å². The summed E-state index contributed by atoms with van der Waals surface area (Å²) < 4.78 is 11.7. The number of rotatable bonds is 9. The van der Waals surface area contributed by atoms with Gasteiger partial charge in [0.25, 0.3) is 5.91 Å². The number of likely N-dealkylation sites (N-methyl/N-ethyl adjacent to an activating group) is 2. The van der Waals surface area contributed by atoms with Crippen molar-refractivity contribution in [3.05, 3.63) is 22.2 Å². The Morgan fingerprint density at radius 3 is 2.50 bits per heavy atom. The number of methoxy groups -OCH3 is 1. The molecule has 1 aromatic rings. The highest BCUT2D eigenvalue weighted by atomic mass is 79.9. The molecular weight excluding hydrogens is 376 g/mol. The number of hydrogen-bond donors (Lipinski definition) is 1. The van der Waals surface area contributed by atoms with Crippen molar-refractivity contribution in [2.45, 2.75) is 27.2 Å². The predicted octanol–water partition coefficient (Wildman–Crippen LogP) is 2.84. The molecule has 1 rings (SSSR count). The number of hydrogen-bond acceptors (Lipinski definition) is 4. The normalized spacial score (nSPS) is 10.2. The molecule has 0 unspecified atom stereocenters. The summed E-state index contributed by atoms with van der Waals surface area (Å²) in [6.07, 6.45) is 0.867. The van der Waals surface area contributed by atoms with Gasteiger partial charge in [-0.15, -0.1) is 0 Å². The molecule has 1 aromatic carbocycles. The highest BCUT2D eigenvalue weighted by molar-refractivity contribution is 9.10. The monoisotopic (exact) mass is 400 g/mol. The van der Waals surface area contributed by atoms with Gasteiger partial charge in [-0.05, 0) is 48.3 Å². The van der Waals surface area contributed by atoms with Gasteiger partial charge in [0.2, 0.25) is 5.91 Å². The van der Waals surface area contributed by atoms with Gasteiger partial charge in [-0.1, -0.05) is 6.92 Å². The molecule has 0 radical (unpaired) electrons.